The number of aromatic nitrogens is 2. The van der Waals surface area contributed by atoms with Crippen molar-refractivity contribution in [3.63, 3.8) is 0 Å². The van der Waals surface area contributed by atoms with E-state index >= 15 is 0 Å². The molecule has 0 fully saturated rings. The van der Waals surface area contributed by atoms with Gasteiger partial charge in [0.05, 0.1) is 11.4 Å². The maximum absolute atomic E-state index is 13.6. The van der Waals surface area contributed by atoms with Crippen molar-refractivity contribution in [2.75, 3.05) is 16.4 Å². The van der Waals surface area contributed by atoms with Crippen molar-refractivity contribution >= 4 is 45.5 Å². The van der Waals surface area contributed by atoms with Crippen LogP contribution in [0.5, 0.6) is 0 Å². The SMILES string of the molecule is O=C(CSc1nnc(Nc2ccccc2F)s1)Nc1ccccc1. The lowest BCUT2D eigenvalue weighted by molar-refractivity contribution is -0.113. The molecular weight excluding hydrogens is 347 g/mol. The van der Waals surface area contributed by atoms with Crippen molar-refractivity contribution < 1.29 is 9.18 Å². The molecule has 0 aliphatic carbocycles. The maximum atomic E-state index is 13.6. The molecule has 1 aromatic heterocycles. The Balaban J connectivity index is 1.53. The fourth-order valence-electron chi connectivity index (χ4n) is 1.84. The van der Waals surface area contributed by atoms with Gasteiger partial charge in [-0.3, -0.25) is 4.79 Å². The number of rotatable bonds is 6. The average Bonchev–Trinajstić information content (AvgIpc) is 3.04. The fraction of sp³-hybridized carbons (Fsp3) is 0.0625. The van der Waals surface area contributed by atoms with Gasteiger partial charge in [-0.05, 0) is 24.3 Å². The van der Waals surface area contributed by atoms with Gasteiger partial charge in [-0.15, -0.1) is 10.2 Å². The number of nitrogens with zero attached hydrogens (tertiary/aromatic N) is 2. The second-order valence-electron chi connectivity index (χ2n) is 4.68. The van der Waals surface area contributed by atoms with Crippen LogP contribution in [0.15, 0.2) is 58.9 Å². The number of hydrogen-bond donors (Lipinski definition) is 2. The summed E-state index contributed by atoms with van der Waals surface area (Å²) in [5.74, 6) is -0.252. The van der Waals surface area contributed by atoms with E-state index in [1.807, 2.05) is 30.3 Å². The molecule has 0 unspecified atom stereocenters. The van der Waals surface area contributed by atoms with Gasteiger partial charge in [-0.1, -0.05) is 53.4 Å². The molecule has 0 radical (unpaired) electrons. The summed E-state index contributed by atoms with van der Waals surface area (Å²) in [6.07, 6.45) is 0. The Hall–Kier alpha value is -2.45. The molecule has 0 atom stereocenters. The van der Waals surface area contributed by atoms with Crippen LogP contribution in [0.25, 0.3) is 0 Å². The van der Waals surface area contributed by atoms with E-state index < -0.39 is 0 Å². The third-order valence-electron chi connectivity index (χ3n) is 2.91. The first-order valence-corrected chi connectivity index (χ1v) is 8.84. The molecule has 1 heterocycles. The number of nitrogens with one attached hydrogen (secondary N) is 2. The molecule has 8 heteroatoms. The van der Waals surface area contributed by atoms with Crippen LogP contribution in [0.1, 0.15) is 0 Å². The molecule has 3 aromatic rings. The van der Waals surface area contributed by atoms with Crippen LogP contribution >= 0.6 is 23.1 Å². The van der Waals surface area contributed by atoms with Crippen LogP contribution in [-0.2, 0) is 4.79 Å². The van der Waals surface area contributed by atoms with E-state index in [-0.39, 0.29) is 17.5 Å². The highest BCUT2D eigenvalue weighted by molar-refractivity contribution is 8.01. The zero-order valence-corrected chi connectivity index (χ0v) is 14.0. The van der Waals surface area contributed by atoms with Gasteiger partial charge in [-0.25, -0.2) is 4.39 Å². The van der Waals surface area contributed by atoms with Crippen molar-refractivity contribution in [1.82, 2.24) is 10.2 Å². The molecular formula is C16H13FN4OS2. The summed E-state index contributed by atoms with van der Waals surface area (Å²) >= 11 is 2.55. The lowest BCUT2D eigenvalue weighted by atomic mass is 10.3. The summed E-state index contributed by atoms with van der Waals surface area (Å²) in [6.45, 7) is 0. The van der Waals surface area contributed by atoms with Gasteiger partial charge in [0, 0.05) is 5.69 Å². The number of halogens is 1. The maximum Gasteiger partial charge on any atom is 0.234 e. The summed E-state index contributed by atoms with van der Waals surface area (Å²) in [7, 11) is 0. The van der Waals surface area contributed by atoms with Gasteiger partial charge < -0.3 is 10.6 Å². The normalized spacial score (nSPS) is 10.4. The molecule has 122 valence electrons. The summed E-state index contributed by atoms with van der Waals surface area (Å²) in [5.41, 5.74) is 1.09. The van der Waals surface area contributed by atoms with Gasteiger partial charge in [0.25, 0.3) is 0 Å². The van der Waals surface area contributed by atoms with Crippen molar-refractivity contribution in [1.29, 1.82) is 0 Å². The second-order valence-corrected chi connectivity index (χ2v) is 6.88. The van der Waals surface area contributed by atoms with E-state index in [2.05, 4.69) is 20.8 Å². The topological polar surface area (TPSA) is 66.9 Å². The smallest absolute Gasteiger partial charge is 0.234 e. The standard InChI is InChI=1S/C16H13FN4OS2/c17-12-8-4-5-9-13(12)19-15-20-21-16(24-15)23-10-14(22)18-11-6-2-1-3-7-11/h1-9H,10H2,(H,18,22)(H,19,20). The van der Waals surface area contributed by atoms with E-state index in [0.29, 0.717) is 15.2 Å². The summed E-state index contributed by atoms with van der Waals surface area (Å²) in [4.78, 5) is 11.9. The molecule has 0 spiro atoms. The van der Waals surface area contributed by atoms with E-state index in [1.165, 1.54) is 29.2 Å². The van der Waals surface area contributed by atoms with Crippen LogP contribution in [0.3, 0.4) is 0 Å². The quantitative estimate of drug-likeness (QED) is 0.647. The lowest BCUT2D eigenvalue weighted by Gasteiger charge is -2.03. The highest BCUT2D eigenvalue weighted by atomic mass is 32.2. The molecule has 2 N–H and O–H groups in total. The largest absolute Gasteiger partial charge is 0.328 e. The number of thioether (sulfide) groups is 1. The Morgan fingerprint density at radius 3 is 2.62 bits per heavy atom. The zero-order chi connectivity index (χ0) is 16.8. The molecule has 1 amide bonds. The number of benzene rings is 2. The van der Waals surface area contributed by atoms with Crippen LogP contribution in [0.2, 0.25) is 0 Å². The number of amides is 1. The minimum Gasteiger partial charge on any atom is -0.328 e. The number of hydrogen-bond acceptors (Lipinski definition) is 6. The monoisotopic (exact) mass is 360 g/mol. The van der Waals surface area contributed by atoms with Gasteiger partial charge in [0.2, 0.25) is 11.0 Å². The number of carbonyl (C=O) groups is 1. The summed E-state index contributed by atoms with van der Waals surface area (Å²) in [6, 6.07) is 15.6. The average molecular weight is 360 g/mol. The van der Waals surface area contributed by atoms with Crippen LogP contribution in [0.4, 0.5) is 20.9 Å². The van der Waals surface area contributed by atoms with Crippen LogP contribution in [-0.4, -0.2) is 21.9 Å². The van der Waals surface area contributed by atoms with Crippen molar-refractivity contribution in [2.24, 2.45) is 0 Å². The van der Waals surface area contributed by atoms with Crippen LogP contribution < -0.4 is 10.6 Å². The van der Waals surface area contributed by atoms with Crippen molar-refractivity contribution in [3.05, 3.63) is 60.4 Å². The third-order valence-corrected chi connectivity index (χ3v) is 4.88. The van der Waals surface area contributed by atoms with E-state index in [9.17, 15) is 9.18 Å². The Kier molecular flexibility index (Phi) is 5.39. The molecule has 24 heavy (non-hydrogen) atoms. The Morgan fingerprint density at radius 1 is 1.08 bits per heavy atom. The molecule has 0 aliphatic heterocycles. The first-order chi connectivity index (χ1) is 11.7. The molecule has 0 aliphatic rings. The first-order valence-electron chi connectivity index (χ1n) is 7.03. The van der Waals surface area contributed by atoms with Gasteiger partial charge in [-0.2, -0.15) is 0 Å². The van der Waals surface area contributed by atoms with Gasteiger partial charge >= 0.3 is 0 Å². The highest BCUT2D eigenvalue weighted by Gasteiger charge is 2.10. The minimum atomic E-state index is -0.357. The minimum absolute atomic E-state index is 0.120. The predicted molar refractivity (Wildman–Crippen MR) is 95.4 cm³/mol. The molecule has 2 aromatic carbocycles. The highest BCUT2D eigenvalue weighted by Crippen LogP contribution is 2.28. The number of carbonyl (C=O) groups excluding carboxylic acids is 1. The zero-order valence-electron chi connectivity index (χ0n) is 12.4. The van der Waals surface area contributed by atoms with E-state index in [0.717, 1.165) is 5.69 Å². The third kappa shape index (κ3) is 4.53. The first kappa shape index (κ1) is 16.4. The molecule has 0 saturated carbocycles. The summed E-state index contributed by atoms with van der Waals surface area (Å²) in [5, 5.41) is 14.1. The Labute approximate surface area is 146 Å². The molecule has 3 rings (SSSR count). The Morgan fingerprint density at radius 2 is 1.83 bits per heavy atom. The van der Waals surface area contributed by atoms with Crippen LogP contribution in [0, 0.1) is 5.82 Å². The van der Waals surface area contributed by atoms with Gasteiger partial charge in [0.15, 0.2) is 4.34 Å². The molecule has 0 saturated heterocycles. The fourth-order valence-corrected chi connectivity index (χ4v) is 3.41. The Bertz CT molecular complexity index is 826. The molecule has 0 bridgehead atoms. The van der Waals surface area contributed by atoms with Crippen molar-refractivity contribution in [2.45, 2.75) is 4.34 Å². The number of para-hydroxylation sites is 2. The number of anilines is 3. The molecule has 5 nitrogen and oxygen atoms in total. The van der Waals surface area contributed by atoms with E-state index in [1.54, 1.807) is 18.2 Å². The predicted octanol–water partition coefficient (Wildman–Crippen LogP) is 4.15. The second kappa shape index (κ2) is 7.89. The van der Waals surface area contributed by atoms with Crippen molar-refractivity contribution in [3.8, 4) is 0 Å². The van der Waals surface area contributed by atoms with Gasteiger partial charge in [0.1, 0.15) is 5.82 Å². The lowest BCUT2D eigenvalue weighted by Crippen LogP contribution is -2.13. The van der Waals surface area contributed by atoms with E-state index in [4.69, 9.17) is 0 Å². The summed E-state index contributed by atoms with van der Waals surface area (Å²) < 4.78 is 14.2.